The second-order valence-electron chi connectivity index (χ2n) is 9.67. The molecule has 4 heterocycles. The number of nitrogens with one attached hydrogen (secondary N) is 1. The Labute approximate surface area is 225 Å². The fourth-order valence-corrected chi connectivity index (χ4v) is 5.86. The van der Waals surface area contributed by atoms with E-state index in [-0.39, 0.29) is 30.2 Å². The number of anilines is 1. The predicted molar refractivity (Wildman–Crippen MR) is 140 cm³/mol. The van der Waals surface area contributed by atoms with Crippen molar-refractivity contribution in [3.8, 4) is 5.75 Å². The number of aromatic nitrogens is 2. The fraction of sp³-hybridized carbons (Fsp3) is 0.462. The summed E-state index contributed by atoms with van der Waals surface area (Å²) in [5.41, 5.74) is 1.97. The number of pyridine rings is 1. The molecule has 0 radical (unpaired) electrons. The van der Waals surface area contributed by atoms with E-state index in [2.05, 4.69) is 9.88 Å². The van der Waals surface area contributed by atoms with E-state index in [0.717, 1.165) is 41.2 Å². The summed E-state index contributed by atoms with van der Waals surface area (Å²) in [6.07, 6.45) is 6.19. The van der Waals surface area contributed by atoms with Crippen molar-refractivity contribution < 1.29 is 31.5 Å². The fourth-order valence-electron chi connectivity index (χ4n) is 5.05. The van der Waals surface area contributed by atoms with Crippen LogP contribution in [-0.2, 0) is 14.9 Å². The molecule has 2 aromatic heterocycles. The van der Waals surface area contributed by atoms with Gasteiger partial charge in [0.2, 0.25) is 0 Å². The second kappa shape index (κ2) is 11.4. The summed E-state index contributed by atoms with van der Waals surface area (Å²) in [6.45, 7) is 0.698. The van der Waals surface area contributed by atoms with Crippen LogP contribution in [0.5, 0.6) is 5.75 Å². The highest BCUT2D eigenvalue weighted by Gasteiger charge is 2.31. The van der Waals surface area contributed by atoms with Gasteiger partial charge in [0.25, 0.3) is 5.91 Å². The molecule has 1 N–H and O–H groups in total. The molecule has 2 aliphatic rings. The van der Waals surface area contributed by atoms with Crippen molar-refractivity contribution in [2.24, 2.45) is 0 Å². The largest absolute Gasteiger partial charge is 0.490 e. The number of alkyl halides is 1. The van der Waals surface area contributed by atoms with E-state index in [1.165, 1.54) is 29.8 Å². The molecule has 2 aliphatic heterocycles. The Morgan fingerprint density at radius 1 is 1.23 bits per heavy atom. The zero-order chi connectivity index (χ0) is 27.6. The van der Waals surface area contributed by atoms with Crippen LogP contribution >= 0.6 is 0 Å². The predicted octanol–water partition coefficient (Wildman–Crippen LogP) is 3.25. The van der Waals surface area contributed by atoms with Crippen molar-refractivity contribution in [3.63, 3.8) is 0 Å². The van der Waals surface area contributed by atoms with Crippen molar-refractivity contribution >= 4 is 27.5 Å². The van der Waals surface area contributed by atoms with Crippen LogP contribution in [0.3, 0.4) is 0 Å². The standard InChI is InChI=1S/C26H31F2N5O5S/c1-31(12-10-27)39(35,36)30-26(34)23-16-29-25-7-5-19(17-33(23)25)32-11-2-3-22(32)21-15-18(28)4-6-24(21)38-20-8-13-37-14-9-20/h4-7,15-17,20,22H,2-3,8-14H2,1H3,(H,30,34). The number of hydrogen-bond donors (Lipinski definition) is 1. The number of rotatable bonds is 9. The van der Waals surface area contributed by atoms with Crippen molar-refractivity contribution in [2.75, 3.05) is 44.9 Å². The molecule has 3 aromatic rings. The van der Waals surface area contributed by atoms with E-state index in [9.17, 15) is 22.0 Å². The molecule has 10 nitrogen and oxygen atoms in total. The van der Waals surface area contributed by atoms with Gasteiger partial charge in [0, 0.05) is 44.7 Å². The highest BCUT2D eigenvalue weighted by atomic mass is 32.2. The highest BCUT2D eigenvalue weighted by molar-refractivity contribution is 7.87. The van der Waals surface area contributed by atoms with Crippen LogP contribution in [0.15, 0.2) is 42.7 Å². The van der Waals surface area contributed by atoms with Crippen LogP contribution in [-0.4, -0.2) is 74.1 Å². The third-order valence-electron chi connectivity index (χ3n) is 7.13. The maximum absolute atomic E-state index is 14.4. The lowest BCUT2D eigenvalue weighted by Crippen LogP contribution is -2.42. The minimum absolute atomic E-state index is 0.00131. The van der Waals surface area contributed by atoms with Crippen molar-refractivity contribution in [2.45, 2.75) is 37.8 Å². The van der Waals surface area contributed by atoms with Gasteiger partial charge in [-0.25, -0.2) is 18.5 Å². The summed E-state index contributed by atoms with van der Waals surface area (Å²) in [5.74, 6) is -0.591. The number of fused-ring (bicyclic) bond motifs is 1. The minimum Gasteiger partial charge on any atom is -0.490 e. The SMILES string of the molecule is CN(CCF)S(=O)(=O)NC(=O)c1cnc2ccc(N3CCCC3c3cc(F)ccc3OC3CCOCC3)cn12. The molecule has 0 spiro atoms. The van der Waals surface area contributed by atoms with E-state index < -0.39 is 22.8 Å². The third-order valence-corrected chi connectivity index (χ3v) is 8.58. The number of ether oxygens (including phenoxy) is 2. The molecule has 1 aromatic carbocycles. The first-order valence-electron chi connectivity index (χ1n) is 12.9. The smallest absolute Gasteiger partial charge is 0.303 e. The van der Waals surface area contributed by atoms with E-state index >= 15 is 0 Å². The number of carbonyl (C=O) groups is 1. The lowest BCUT2D eigenvalue weighted by atomic mass is 10.0. The van der Waals surface area contributed by atoms with Crippen molar-refractivity contribution in [1.82, 2.24) is 18.4 Å². The lowest BCUT2D eigenvalue weighted by Gasteiger charge is -2.30. The van der Waals surface area contributed by atoms with Crippen LogP contribution in [0.25, 0.3) is 5.65 Å². The van der Waals surface area contributed by atoms with Crippen LogP contribution in [0.2, 0.25) is 0 Å². The molecule has 0 bridgehead atoms. The number of amides is 1. The van der Waals surface area contributed by atoms with Gasteiger partial charge in [-0.3, -0.25) is 9.20 Å². The summed E-state index contributed by atoms with van der Waals surface area (Å²) in [7, 11) is -3.04. The van der Waals surface area contributed by atoms with Crippen molar-refractivity contribution in [1.29, 1.82) is 0 Å². The Morgan fingerprint density at radius 2 is 2.03 bits per heavy atom. The molecule has 2 fully saturated rings. The first-order chi connectivity index (χ1) is 18.8. The summed E-state index contributed by atoms with van der Waals surface area (Å²) in [5, 5.41) is 0. The molecular weight excluding hydrogens is 532 g/mol. The van der Waals surface area contributed by atoms with Crippen LogP contribution in [0.4, 0.5) is 14.5 Å². The van der Waals surface area contributed by atoms with Gasteiger partial charge in [0.1, 0.15) is 35.7 Å². The van der Waals surface area contributed by atoms with Gasteiger partial charge in [0.15, 0.2) is 0 Å². The number of imidazole rings is 1. The Hall–Kier alpha value is -3.29. The average Bonchev–Trinajstić information content (AvgIpc) is 3.57. The number of nitrogens with zero attached hydrogens (tertiary/aromatic N) is 4. The average molecular weight is 564 g/mol. The zero-order valence-electron chi connectivity index (χ0n) is 21.6. The van der Waals surface area contributed by atoms with Gasteiger partial charge in [-0.05, 0) is 43.2 Å². The van der Waals surface area contributed by atoms with Gasteiger partial charge in [0.05, 0.1) is 31.1 Å². The van der Waals surface area contributed by atoms with Gasteiger partial charge in [-0.1, -0.05) is 0 Å². The van der Waals surface area contributed by atoms with Gasteiger partial charge in [-0.15, -0.1) is 0 Å². The Balaban J connectivity index is 1.43. The third kappa shape index (κ3) is 5.85. The number of benzene rings is 1. The van der Waals surface area contributed by atoms with Gasteiger partial charge in [-0.2, -0.15) is 12.7 Å². The Kier molecular flexibility index (Phi) is 8.01. The van der Waals surface area contributed by atoms with E-state index in [0.29, 0.717) is 31.2 Å². The molecule has 0 aliphatic carbocycles. The molecule has 0 saturated carbocycles. The van der Waals surface area contributed by atoms with Crippen LogP contribution < -0.4 is 14.4 Å². The normalized spacial score (nSPS) is 18.7. The number of hydrogen-bond acceptors (Lipinski definition) is 7. The number of carbonyl (C=O) groups excluding carboxylic acids is 1. The lowest BCUT2D eigenvalue weighted by molar-refractivity contribution is 0.0250. The zero-order valence-corrected chi connectivity index (χ0v) is 22.4. The molecule has 1 atom stereocenters. The van der Waals surface area contributed by atoms with Crippen LogP contribution in [0, 0.1) is 5.82 Å². The molecule has 1 unspecified atom stereocenters. The van der Waals surface area contributed by atoms with E-state index in [1.54, 1.807) is 18.3 Å². The maximum Gasteiger partial charge on any atom is 0.303 e. The molecule has 13 heteroatoms. The van der Waals surface area contributed by atoms with Crippen LogP contribution in [0.1, 0.15) is 47.8 Å². The monoisotopic (exact) mass is 563 g/mol. The van der Waals surface area contributed by atoms with E-state index in [4.69, 9.17) is 9.47 Å². The molecule has 210 valence electrons. The molecule has 2 saturated heterocycles. The van der Waals surface area contributed by atoms with Gasteiger partial charge >= 0.3 is 10.2 Å². The summed E-state index contributed by atoms with van der Waals surface area (Å²) in [6, 6.07) is 8.04. The Bertz CT molecular complexity index is 1440. The van der Waals surface area contributed by atoms with Crippen molar-refractivity contribution in [3.05, 3.63) is 59.8 Å². The maximum atomic E-state index is 14.4. The molecular formula is C26H31F2N5O5S. The minimum atomic E-state index is -4.22. The molecule has 1 amide bonds. The molecule has 5 rings (SSSR count). The highest BCUT2D eigenvalue weighted by Crippen LogP contribution is 2.41. The summed E-state index contributed by atoms with van der Waals surface area (Å²) < 4.78 is 67.8. The first-order valence-corrected chi connectivity index (χ1v) is 14.3. The summed E-state index contributed by atoms with van der Waals surface area (Å²) in [4.78, 5) is 19.2. The Morgan fingerprint density at radius 3 is 2.79 bits per heavy atom. The quantitative estimate of drug-likeness (QED) is 0.426. The number of halogens is 2. The first kappa shape index (κ1) is 27.3. The summed E-state index contributed by atoms with van der Waals surface area (Å²) >= 11 is 0. The molecule has 39 heavy (non-hydrogen) atoms. The second-order valence-corrected chi connectivity index (χ2v) is 11.4. The topological polar surface area (TPSA) is 105 Å². The van der Waals surface area contributed by atoms with E-state index in [1.807, 2.05) is 10.8 Å². The van der Waals surface area contributed by atoms with Gasteiger partial charge < -0.3 is 14.4 Å².